The van der Waals surface area contributed by atoms with E-state index in [9.17, 15) is 27.2 Å². The van der Waals surface area contributed by atoms with Crippen LogP contribution in [-0.2, 0) is 11.0 Å². The Morgan fingerprint density at radius 1 is 1.10 bits per heavy atom. The van der Waals surface area contributed by atoms with Crippen molar-refractivity contribution in [1.82, 2.24) is 4.90 Å². The number of hydrogen-bond donors (Lipinski definition) is 1. The summed E-state index contributed by atoms with van der Waals surface area (Å²) < 4.78 is 52.3. The highest BCUT2D eigenvalue weighted by Gasteiger charge is 2.38. The van der Waals surface area contributed by atoms with Crippen LogP contribution in [0, 0.1) is 19.7 Å². The SMILES string of the molecule is Cc1ccc(NC(=O)C2CSCN2C(=O)c2ccc(F)c(C(F)(F)F)c2)cc1C. The lowest BCUT2D eigenvalue weighted by Crippen LogP contribution is -2.44. The Balaban J connectivity index is 1.80. The number of nitrogens with one attached hydrogen (secondary N) is 1. The van der Waals surface area contributed by atoms with Crippen molar-refractivity contribution in [3.05, 3.63) is 64.5 Å². The Bertz CT molecular complexity index is 962. The molecule has 1 saturated heterocycles. The molecule has 1 atom stereocenters. The third-order valence-corrected chi connectivity index (χ3v) is 5.75. The molecule has 154 valence electrons. The fourth-order valence-electron chi connectivity index (χ4n) is 2.95. The van der Waals surface area contributed by atoms with Gasteiger partial charge < -0.3 is 10.2 Å². The Hall–Kier alpha value is -2.55. The zero-order chi connectivity index (χ0) is 21.3. The molecule has 1 heterocycles. The van der Waals surface area contributed by atoms with Gasteiger partial charge in [-0.05, 0) is 55.3 Å². The Labute approximate surface area is 169 Å². The van der Waals surface area contributed by atoms with Crippen molar-refractivity contribution >= 4 is 29.3 Å². The van der Waals surface area contributed by atoms with E-state index in [1.54, 1.807) is 12.1 Å². The van der Waals surface area contributed by atoms with Gasteiger partial charge in [0.2, 0.25) is 5.91 Å². The van der Waals surface area contributed by atoms with Crippen molar-refractivity contribution in [3.63, 3.8) is 0 Å². The van der Waals surface area contributed by atoms with Crippen molar-refractivity contribution in [3.8, 4) is 0 Å². The number of nitrogens with zero attached hydrogens (tertiary/aromatic N) is 1. The summed E-state index contributed by atoms with van der Waals surface area (Å²) in [6.45, 7) is 3.84. The summed E-state index contributed by atoms with van der Waals surface area (Å²) >= 11 is 1.32. The third-order valence-electron chi connectivity index (χ3n) is 4.74. The molecule has 1 fully saturated rings. The van der Waals surface area contributed by atoms with E-state index in [0.717, 1.165) is 17.2 Å². The minimum absolute atomic E-state index is 0.155. The number of carbonyl (C=O) groups excluding carboxylic acids is 2. The maximum atomic E-state index is 13.5. The van der Waals surface area contributed by atoms with Crippen LogP contribution in [0.25, 0.3) is 0 Å². The second kappa shape index (κ2) is 8.06. The zero-order valence-electron chi connectivity index (χ0n) is 15.6. The summed E-state index contributed by atoms with van der Waals surface area (Å²) in [5, 5.41) is 2.75. The van der Waals surface area contributed by atoms with Gasteiger partial charge in [-0.15, -0.1) is 11.8 Å². The standard InChI is InChI=1S/C20H18F4N2O2S/c1-11-3-5-14(7-12(11)2)25-18(27)17-9-29-10-26(17)19(28)13-4-6-16(21)15(8-13)20(22,23)24/h3-8,17H,9-10H2,1-2H3,(H,25,27). The van der Waals surface area contributed by atoms with Crippen LogP contribution in [0.5, 0.6) is 0 Å². The summed E-state index contributed by atoms with van der Waals surface area (Å²) in [5.74, 6) is -2.16. The minimum atomic E-state index is -4.92. The van der Waals surface area contributed by atoms with E-state index in [2.05, 4.69) is 5.32 Å². The van der Waals surface area contributed by atoms with Gasteiger partial charge in [0, 0.05) is 17.0 Å². The molecule has 2 aromatic carbocycles. The molecule has 4 nitrogen and oxygen atoms in total. The highest BCUT2D eigenvalue weighted by Crippen LogP contribution is 2.33. The lowest BCUT2D eigenvalue weighted by Gasteiger charge is -2.23. The number of halogens is 4. The van der Waals surface area contributed by atoms with Crippen LogP contribution in [0.3, 0.4) is 0 Å². The highest BCUT2D eigenvalue weighted by molar-refractivity contribution is 7.99. The van der Waals surface area contributed by atoms with Gasteiger partial charge in [0.15, 0.2) is 0 Å². The van der Waals surface area contributed by atoms with Crippen LogP contribution < -0.4 is 5.32 Å². The van der Waals surface area contributed by atoms with Gasteiger partial charge in [0.25, 0.3) is 5.91 Å². The predicted molar refractivity (Wildman–Crippen MR) is 103 cm³/mol. The van der Waals surface area contributed by atoms with E-state index in [0.29, 0.717) is 23.6 Å². The number of anilines is 1. The average molecular weight is 426 g/mol. The van der Waals surface area contributed by atoms with Crippen molar-refractivity contribution in [1.29, 1.82) is 0 Å². The molecule has 29 heavy (non-hydrogen) atoms. The van der Waals surface area contributed by atoms with Crippen LogP contribution >= 0.6 is 11.8 Å². The number of alkyl halides is 3. The molecule has 1 aliphatic rings. The van der Waals surface area contributed by atoms with Gasteiger partial charge in [0.05, 0.1) is 11.4 Å². The van der Waals surface area contributed by atoms with E-state index in [1.165, 1.54) is 16.7 Å². The maximum Gasteiger partial charge on any atom is 0.419 e. The number of aryl methyl sites for hydroxylation is 2. The topological polar surface area (TPSA) is 49.4 Å². The van der Waals surface area contributed by atoms with Crippen molar-refractivity contribution in [2.24, 2.45) is 0 Å². The maximum absolute atomic E-state index is 13.5. The van der Waals surface area contributed by atoms with Crippen LogP contribution in [0.2, 0.25) is 0 Å². The van der Waals surface area contributed by atoms with Crippen LogP contribution in [0.15, 0.2) is 36.4 Å². The minimum Gasteiger partial charge on any atom is -0.324 e. The second-order valence-electron chi connectivity index (χ2n) is 6.77. The number of benzene rings is 2. The summed E-state index contributed by atoms with van der Waals surface area (Å²) in [5.41, 5.74) is 0.801. The lowest BCUT2D eigenvalue weighted by molar-refractivity contribution is -0.140. The molecule has 9 heteroatoms. The molecule has 0 bridgehead atoms. The van der Waals surface area contributed by atoms with Gasteiger partial charge >= 0.3 is 6.18 Å². The van der Waals surface area contributed by atoms with Gasteiger partial charge in [-0.3, -0.25) is 9.59 Å². The van der Waals surface area contributed by atoms with Gasteiger partial charge in [-0.25, -0.2) is 4.39 Å². The number of carbonyl (C=O) groups is 2. The molecule has 0 aromatic heterocycles. The largest absolute Gasteiger partial charge is 0.419 e. The summed E-state index contributed by atoms with van der Waals surface area (Å²) in [6.07, 6.45) is -4.92. The van der Waals surface area contributed by atoms with Gasteiger partial charge in [0.1, 0.15) is 11.9 Å². The normalized spacial score (nSPS) is 16.8. The fourth-order valence-corrected chi connectivity index (χ4v) is 4.10. The molecule has 1 unspecified atom stereocenters. The van der Waals surface area contributed by atoms with Crippen LogP contribution in [-0.4, -0.2) is 34.4 Å². The van der Waals surface area contributed by atoms with Crippen molar-refractivity contribution < 1.29 is 27.2 Å². The number of thioether (sulfide) groups is 1. The molecule has 1 N–H and O–H groups in total. The molecular weight excluding hydrogens is 408 g/mol. The molecule has 0 radical (unpaired) electrons. The van der Waals surface area contributed by atoms with Crippen LogP contribution in [0.4, 0.5) is 23.2 Å². The van der Waals surface area contributed by atoms with Gasteiger partial charge in [-0.1, -0.05) is 6.07 Å². The first-order chi connectivity index (χ1) is 13.6. The molecule has 2 aromatic rings. The first kappa shape index (κ1) is 21.2. The van der Waals surface area contributed by atoms with Crippen molar-refractivity contribution in [2.75, 3.05) is 16.9 Å². The Morgan fingerprint density at radius 2 is 1.83 bits per heavy atom. The monoisotopic (exact) mass is 426 g/mol. The lowest BCUT2D eigenvalue weighted by atomic mass is 10.1. The molecular formula is C20H18F4N2O2S. The average Bonchev–Trinajstić information content (AvgIpc) is 3.13. The summed E-state index contributed by atoms with van der Waals surface area (Å²) in [6, 6.07) is 6.65. The quantitative estimate of drug-likeness (QED) is 0.729. The van der Waals surface area contributed by atoms with E-state index < -0.39 is 35.4 Å². The molecule has 3 rings (SSSR count). The van der Waals surface area contributed by atoms with E-state index in [1.807, 2.05) is 19.9 Å². The predicted octanol–water partition coefficient (Wildman–Crippen LogP) is 4.62. The Kier molecular flexibility index (Phi) is 5.88. The van der Waals surface area contributed by atoms with Gasteiger partial charge in [-0.2, -0.15) is 13.2 Å². The highest BCUT2D eigenvalue weighted by atomic mass is 32.2. The van der Waals surface area contributed by atoms with E-state index in [4.69, 9.17) is 0 Å². The number of rotatable bonds is 3. The molecule has 0 aliphatic carbocycles. The third kappa shape index (κ3) is 4.55. The second-order valence-corrected chi connectivity index (χ2v) is 7.77. The van der Waals surface area contributed by atoms with E-state index in [-0.39, 0.29) is 11.4 Å². The van der Waals surface area contributed by atoms with Crippen molar-refractivity contribution in [2.45, 2.75) is 26.1 Å². The molecule has 1 aliphatic heterocycles. The van der Waals surface area contributed by atoms with Crippen LogP contribution in [0.1, 0.15) is 27.0 Å². The molecule has 0 spiro atoms. The Morgan fingerprint density at radius 3 is 2.48 bits per heavy atom. The summed E-state index contributed by atoms with van der Waals surface area (Å²) in [4.78, 5) is 26.6. The fraction of sp³-hybridized carbons (Fsp3) is 0.300. The summed E-state index contributed by atoms with van der Waals surface area (Å²) in [7, 11) is 0. The van der Waals surface area contributed by atoms with E-state index >= 15 is 0 Å². The first-order valence-corrected chi connectivity index (χ1v) is 9.87. The first-order valence-electron chi connectivity index (χ1n) is 8.71. The smallest absolute Gasteiger partial charge is 0.324 e. The molecule has 0 saturated carbocycles. The number of hydrogen-bond acceptors (Lipinski definition) is 3. The zero-order valence-corrected chi connectivity index (χ0v) is 16.5. The molecule has 2 amide bonds. The number of amides is 2.